The van der Waals surface area contributed by atoms with Crippen LogP contribution in [0.25, 0.3) is 0 Å². The molecule has 0 aromatic carbocycles. The Hall–Kier alpha value is -1.34. The molecule has 0 saturated carbocycles. The number of aromatic nitrogens is 1. The topological polar surface area (TPSA) is 120 Å². The SMILES string of the molecule is [O]=[V][O]C(=O)c1cc(O)cc(C(=O)[O][V]=[O])n1. The Morgan fingerprint density at radius 1 is 1.06 bits per heavy atom. The molecule has 1 rings (SSSR count). The van der Waals surface area contributed by atoms with Crippen LogP contribution >= 0.6 is 0 Å². The summed E-state index contributed by atoms with van der Waals surface area (Å²) in [7, 11) is 0. The van der Waals surface area contributed by atoms with Gasteiger partial charge in [0.1, 0.15) is 0 Å². The Balaban J connectivity index is 3.09. The molecule has 0 fully saturated rings. The maximum atomic E-state index is 11.1. The van der Waals surface area contributed by atoms with Crippen molar-refractivity contribution in [2.75, 3.05) is 0 Å². The predicted molar refractivity (Wildman–Crippen MR) is 38.1 cm³/mol. The van der Waals surface area contributed by atoms with Crippen molar-refractivity contribution in [3.8, 4) is 5.75 Å². The van der Waals surface area contributed by atoms with E-state index in [0.29, 0.717) is 0 Å². The second-order valence-corrected chi connectivity index (χ2v) is 3.54. The molecule has 0 aliphatic rings. The first-order chi connectivity index (χ1) is 8.08. The van der Waals surface area contributed by atoms with E-state index in [4.69, 9.17) is 0 Å². The van der Waals surface area contributed by atoms with Crippen LogP contribution in [0.5, 0.6) is 5.75 Å². The summed E-state index contributed by atoms with van der Waals surface area (Å²) < 4.78 is 28.7. The van der Waals surface area contributed by atoms with Gasteiger partial charge in [-0.2, -0.15) is 0 Å². The molecule has 88 valence electrons. The molecular formula is C7H3NO7V2. The Bertz CT molecular complexity index is 449. The molecule has 0 aliphatic heterocycles. The first-order valence-electron chi connectivity index (χ1n) is 3.87. The molecule has 1 N–H and O–H groups in total. The van der Waals surface area contributed by atoms with Gasteiger partial charge in [-0.05, 0) is 0 Å². The molecule has 1 aromatic heterocycles. The number of carbonyl (C=O) groups is 2. The van der Waals surface area contributed by atoms with E-state index in [9.17, 15) is 22.0 Å². The van der Waals surface area contributed by atoms with Gasteiger partial charge in [-0.1, -0.05) is 0 Å². The Morgan fingerprint density at radius 2 is 1.47 bits per heavy atom. The third-order valence-corrected chi connectivity index (χ3v) is 2.22. The normalized spacial score (nSPS) is 9.18. The number of hydrogen-bond donors (Lipinski definition) is 1. The van der Waals surface area contributed by atoms with Gasteiger partial charge >= 0.3 is 109 Å². The predicted octanol–water partition coefficient (Wildman–Crippen LogP) is -0.213. The maximum absolute atomic E-state index is 11.1. The third kappa shape index (κ3) is 3.86. The first-order valence-corrected chi connectivity index (χ1v) is 6.15. The standard InChI is InChI=1S/C7H5NO5.2O.2V/c9-3-1-4(6(10)11)8-5(2-3)7(12)13;;;;/h1-2H,(H,8,9)(H,10,11)(H,12,13);;;;/q;;;2*+1/p-2. The Morgan fingerprint density at radius 3 is 1.82 bits per heavy atom. The van der Waals surface area contributed by atoms with E-state index in [2.05, 4.69) is 12.3 Å². The van der Waals surface area contributed by atoms with Crippen LogP contribution in [0.2, 0.25) is 0 Å². The average molecular weight is 315 g/mol. The molecule has 0 atom stereocenters. The van der Waals surface area contributed by atoms with Gasteiger partial charge in [-0.15, -0.1) is 0 Å². The molecule has 0 bridgehead atoms. The zero-order valence-electron chi connectivity index (χ0n) is 7.89. The average Bonchev–Trinajstić information content (AvgIpc) is 2.29. The number of hydrogen-bond acceptors (Lipinski definition) is 8. The van der Waals surface area contributed by atoms with E-state index in [1.54, 1.807) is 0 Å². The van der Waals surface area contributed by atoms with E-state index < -0.39 is 62.3 Å². The van der Waals surface area contributed by atoms with Crippen LogP contribution in [0.4, 0.5) is 0 Å². The molecule has 1 heterocycles. The zero-order chi connectivity index (χ0) is 12.8. The number of pyridine rings is 1. The monoisotopic (exact) mass is 315 g/mol. The van der Waals surface area contributed by atoms with Crippen molar-refractivity contribution in [3.05, 3.63) is 23.5 Å². The van der Waals surface area contributed by atoms with Gasteiger partial charge in [0, 0.05) is 0 Å². The number of aromatic hydroxyl groups is 1. The third-order valence-electron chi connectivity index (χ3n) is 1.47. The van der Waals surface area contributed by atoms with E-state index in [0.717, 1.165) is 12.1 Å². The van der Waals surface area contributed by atoms with E-state index in [1.165, 1.54) is 0 Å². The zero-order valence-corrected chi connectivity index (χ0v) is 10.7. The van der Waals surface area contributed by atoms with Gasteiger partial charge in [0.05, 0.1) is 0 Å². The minimum absolute atomic E-state index is 0.398. The van der Waals surface area contributed by atoms with Crippen LogP contribution in [0.1, 0.15) is 21.0 Å². The summed E-state index contributed by atoms with van der Waals surface area (Å²) >= 11 is -3.71. The molecule has 8 nitrogen and oxygen atoms in total. The van der Waals surface area contributed by atoms with Crippen molar-refractivity contribution < 1.29 is 62.5 Å². The number of nitrogens with zero attached hydrogens (tertiary/aromatic N) is 1. The summed E-state index contributed by atoms with van der Waals surface area (Å²) in [5, 5.41) is 9.23. The van der Waals surface area contributed by atoms with E-state index in [1.807, 2.05) is 0 Å². The van der Waals surface area contributed by atoms with Crippen molar-refractivity contribution in [1.82, 2.24) is 4.98 Å². The van der Waals surface area contributed by atoms with Crippen molar-refractivity contribution in [2.24, 2.45) is 0 Å². The van der Waals surface area contributed by atoms with Gasteiger partial charge in [0.25, 0.3) is 0 Å². The van der Waals surface area contributed by atoms with Gasteiger partial charge in [-0.3, -0.25) is 0 Å². The molecule has 0 amide bonds. The summed E-state index contributed by atoms with van der Waals surface area (Å²) in [6, 6.07) is 1.86. The fourth-order valence-corrected chi connectivity index (χ4v) is 1.39. The molecule has 0 spiro atoms. The van der Waals surface area contributed by atoms with Crippen molar-refractivity contribution in [2.45, 2.75) is 0 Å². The molecule has 10 heteroatoms. The second kappa shape index (κ2) is 6.41. The quantitative estimate of drug-likeness (QED) is 0.810. The molecule has 0 saturated heterocycles. The summed E-state index contributed by atoms with van der Waals surface area (Å²) in [5.41, 5.74) is -0.796. The molecule has 0 unspecified atom stereocenters. The summed E-state index contributed by atoms with van der Waals surface area (Å²) in [6.07, 6.45) is 0. The van der Waals surface area contributed by atoms with Crippen molar-refractivity contribution in [3.63, 3.8) is 0 Å². The van der Waals surface area contributed by atoms with Gasteiger partial charge in [0.15, 0.2) is 0 Å². The Labute approximate surface area is 109 Å². The van der Waals surface area contributed by atoms with Crippen LogP contribution in [0, 0.1) is 0 Å². The fourth-order valence-electron chi connectivity index (χ4n) is 0.887. The molecule has 0 aliphatic carbocycles. The van der Waals surface area contributed by atoms with Crippen LogP contribution < -0.4 is 0 Å². The summed E-state index contributed by atoms with van der Waals surface area (Å²) in [5.74, 6) is -2.51. The second-order valence-electron chi connectivity index (χ2n) is 2.50. The number of carbonyl (C=O) groups excluding carboxylic acids is 2. The summed E-state index contributed by atoms with van der Waals surface area (Å²) in [4.78, 5) is 25.8. The van der Waals surface area contributed by atoms with Crippen molar-refractivity contribution in [1.29, 1.82) is 0 Å². The summed E-state index contributed by atoms with van der Waals surface area (Å²) in [6.45, 7) is 0. The molecule has 0 radical (unpaired) electrons. The number of rotatable bonds is 4. The van der Waals surface area contributed by atoms with Crippen LogP contribution in [-0.4, -0.2) is 22.0 Å². The fraction of sp³-hybridized carbons (Fsp3) is 0. The first kappa shape index (κ1) is 13.7. The van der Waals surface area contributed by atoms with Crippen LogP contribution in [-0.2, 0) is 47.8 Å². The molecule has 1 aromatic rings. The van der Waals surface area contributed by atoms with Crippen LogP contribution in [0.3, 0.4) is 0 Å². The van der Waals surface area contributed by atoms with Gasteiger partial charge in [0.2, 0.25) is 0 Å². The molecule has 17 heavy (non-hydrogen) atoms. The van der Waals surface area contributed by atoms with E-state index in [-0.39, 0.29) is 0 Å². The Kier molecular flexibility index (Phi) is 5.17. The van der Waals surface area contributed by atoms with Gasteiger partial charge < -0.3 is 0 Å². The minimum atomic E-state index is -1.85. The van der Waals surface area contributed by atoms with Crippen LogP contribution in [0.15, 0.2) is 12.1 Å². The molecular weight excluding hydrogens is 312 g/mol. The van der Waals surface area contributed by atoms with Crippen molar-refractivity contribution >= 4 is 11.9 Å². The van der Waals surface area contributed by atoms with E-state index >= 15 is 0 Å². The van der Waals surface area contributed by atoms with Gasteiger partial charge in [-0.25, -0.2) is 0 Å².